The second-order valence-corrected chi connectivity index (χ2v) is 3.21. The summed E-state index contributed by atoms with van der Waals surface area (Å²) in [6, 6.07) is 10.2. The number of rotatable bonds is 2. The first-order valence-corrected chi connectivity index (χ1v) is 4.26. The molecule has 0 aromatic heterocycles. The summed E-state index contributed by atoms with van der Waals surface area (Å²) in [4.78, 5) is 0. The van der Waals surface area contributed by atoms with Crippen molar-refractivity contribution in [1.82, 2.24) is 0 Å². The molecule has 0 saturated heterocycles. The maximum Gasteiger partial charge on any atom is 0.0499 e. The zero-order valence-corrected chi connectivity index (χ0v) is 6.90. The lowest BCUT2D eigenvalue weighted by molar-refractivity contribution is 0.281. The Bertz CT molecular complexity index is 287. The summed E-state index contributed by atoms with van der Waals surface area (Å²) in [7, 11) is 0. The third-order valence-corrected chi connectivity index (χ3v) is 2.22. The van der Waals surface area contributed by atoms with Gasteiger partial charge in [0.1, 0.15) is 0 Å². The van der Waals surface area contributed by atoms with E-state index in [4.69, 9.17) is 5.11 Å². The van der Waals surface area contributed by atoms with Gasteiger partial charge in [-0.2, -0.15) is 0 Å². The molecule has 1 unspecified atom stereocenters. The lowest BCUT2D eigenvalue weighted by Gasteiger charge is -1.89. The molecule has 0 spiro atoms. The largest absolute Gasteiger partial charge is 0.396 e. The maximum atomic E-state index is 8.81. The average molecular weight is 160 g/mol. The van der Waals surface area contributed by atoms with Crippen molar-refractivity contribution in [3.05, 3.63) is 41.5 Å². The smallest absolute Gasteiger partial charge is 0.0499 e. The Labute approximate surface area is 72.4 Å². The molecule has 1 atom stereocenters. The van der Waals surface area contributed by atoms with Gasteiger partial charge in [0.05, 0.1) is 0 Å². The molecule has 12 heavy (non-hydrogen) atoms. The van der Waals surface area contributed by atoms with Crippen LogP contribution in [0, 0.1) is 5.92 Å². The summed E-state index contributed by atoms with van der Waals surface area (Å²) in [5, 5.41) is 8.81. The number of hydrogen-bond acceptors (Lipinski definition) is 1. The highest BCUT2D eigenvalue weighted by atomic mass is 16.3. The molecule has 1 aliphatic rings. The van der Waals surface area contributed by atoms with Gasteiger partial charge in [-0.3, -0.25) is 0 Å². The average Bonchev–Trinajstić information content (AvgIpc) is 2.85. The van der Waals surface area contributed by atoms with Crippen molar-refractivity contribution >= 4 is 6.08 Å². The van der Waals surface area contributed by atoms with Gasteiger partial charge in [-0.05, 0) is 12.0 Å². The van der Waals surface area contributed by atoms with Crippen molar-refractivity contribution in [2.24, 2.45) is 5.92 Å². The summed E-state index contributed by atoms with van der Waals surface area (Å²) in [5.74, 6) is 0.449. The van der Waals surface area contributed by atoms with E-state index in [2.05, 4.69) is 18.2 Å². The Morgan fingerprint density at radius 3 is 2.67 bits per heavy atom. The molecule has 1 fully saturated rings. The summed E-state index contributed by atoms with van der Waals surface area (Å²) in [5.41, 5.74) is 2.62. The molecule has 0 amide bonds. The van der Waals surface area contributed by atoms with E-state index >= 15 is 0 Å². The molecule has 1 N–H and O–H groups in total. The third kappa shape index (κ3) is 1.56. The Morgan fingerprint density at radius 1 is 1.33 bits per heavy atom. The Morgan fingerprint density at radius 2 is 2.08 bits per heavy atom. The second-order valence-electron chi connectivity index (χ2n) is 3.21. The predicted octanol–water partition coefficient (Wildman–Crippen LogP) is 2.08. The highest BCUT2D eigenvalue weighted by molar-refractivity contribution is 5.57. The van der Waals surface area contributed by atoms with Gasteiger partial charge in [-0.15, -0.1) is 0 Å². The van der Waals surface area contributed by atoms with Gasteiger partial charge in [0.2, 0.25) is 0 Å². The number of benzene rings is 1. The molecule has 0 aliphatic heterocycles. The van der Waals surface area contributed by atoms with Crippen LogP contribution < -0.4 is 0 Å². The number of aliphatic hydroxyl groups is 1. The molecular formula is C11H12O. The Hall–Kier alpha value is -1.08. The fourth-order valence-electron chi connectivity index (χ4n) is 1.35. The Kier molecular flexibility index (Phi) is 1.96. The quantitative estimate of drug-likeness (QED) is 0.702. The van der Waals surface area contributed by atoms with Crippen LogP contribution in [0.5, 0.6) is 0 Å². The standard InChI is InChI=1S/C11H12O/c12-8-11-7-10(11)6-9-4-2-1-3-5-9/h1-6,11-12H,7-8H2/b10-6+. The molecule has 0 heterocycles. The van der Waals surface area contributed by atoms with Crippen LogP contribution in [0.1, 0.15) is 12.0 Å². The fourth-order valence-corrected chi connectivity index (χ4v) is 1.35. The molecule has 1 nitrogen and oxygen atoms in total. The first-order chi connectivity index (χ1) is 5.90. The van der Waals surface area contributed by atoms with Crippen molar-refractivity contribution in [2.75, 3.05) is 6.61 Å². The van der Waals surface area contributed by atoms with E-state index in [1.165, 1.54) is 11.1 Å². The highest BCUT2D eigenvalue weighted by Gasteiger charge is 2.27. The van der Waals surface area contributed by atoms with Gasteiger partial charge in [0.25, 0.3) is 0 Å². The Balaban J connectivity index is 2.10. The lowest BCUT2D eigenvalue weighted by Crippen LogP contribution is -1.81. The molecule has 1 saturated carbocycles. The van der Waals surface area contributed by atoms with Crippen LogP contribution in [-0.2, 0) is 0 Å². The van der Waals surface area contributed by atoms with E-state index in [0.717, 1.165) is 6.42 Å². The zero-order valence-electron chi connectivity index (χ0n) is 6.90. The summed E-state index contributed by atoms with van der Waals surface area (Å²) < 4.78 is 0. The molecule has 1 aromatic rings. The summed E-state index contributed by atoms with van der Waals surface area (Å²) in [6.07, 6.45) is 3.24. The van der Waals surface area contributed by atoms with Crippen molar-refractivity contribution in [3.8, 4) is 0 Å². The topological polar surface area (TPSA) is 20.2 Å². The third-order valence-electron chi connectivity index (χ3n) is 2.22. The first kappa shape index (κ1) is 7.56. The van der Waals surface area contributed by atoms with E-state index in [0.29, 0.717) is 12.5 Å². The predicted molar refractivity (Wildman–Crippen MR) is 49.6 cm³/mol. The highest BCUT2D eigenvalue weighted by Crippen LogP contribution is 2.38. The fraction of sp³-hybridized carbons (Fsp3) is 0.273. The molecule has 0 radical (unpaired) electrons. The van der Waals surface area contributed by atoms with Gasteiger partial charge in [-0.1, -0.05) is 42.0 Å². The van der Waals surface area contributed by atoms with Crippen LogP contribution in [-0.4, -0.2) is 11.7 Å². The summed E-state index contributed by atoms with van der Waals surface area (Å²) >= 11 is 0. The van der Waals surface area contributed by atoms with E-state index in [-0.39, 0.29) is 0 Å². The molecule has 1 aromatic carbocycles. The molecular weight excluding hydrogens is 148 g/mol. The molecule has 2 rings (SSSR count). The van der Waals surface area contributed by atoms with E-state index in [1.807, 2.05) is 18.2 Å². The van der Waals surface area contributed by atoms with E-state index in [9.17, 15) is 0 Å². The zero-order chi connectivity index (χ0) is 8.39. The molecule has 0 bridgehead atoms. The van der Waals surface area contributed by atoms with Gasteiger partial charge >= 0.3 is 0 Å². The minimum absolute atomic E-state index is 0.304. The van der Waals surface area contributed by atoms with Gasteiger partial charge in [-0.25, -0.2) is 0 Å². The normalized spacial score (nSPS) is 24.4. The van der Waals surface area contributed by atoms with Crippen LogP contribution in [0.3, 0.4) is 0 Å². The number of hydrogen-bond donors (Lipinski definition) is 1. The van der Waals surface area contributed by atoms with Crippen LogP contribution in [0.15, 0.2) is 35.9 Å². The van der Waals surface area contributed by atoms with Gasteiger partial charge in [0, 0.05) is 12.5 Å². The number of aliphatic hydroxyl groups excluding tert-OH is 1. The van der Waals surface area contributed by atoms with Crippen LogP contribution in [0.2, 0.25) is 0 Å². The van der Waals surface area contributed by atoms with Crippen molar-refractivity contribution in [1.29, 1.82) is 0 Å². The van der Waals surface area contributed by atoms with Crippen molar-refractivity contribution in [2.45, 2.75) is 6.42 Å². The molecule has 1 aliphatic carbocycles. The first-order valence-electron chi connectivity index (χ1n) is 4.26. The summed E-state index contributed by atoms with van der Waals surface area (Å²) in [6.45, 7) is 0.304. The van der Waals surface area contributed by atoms with Crippen LogP contribution >= 0.6 is 0 Å². The van der Waals surface area contributed by atoms with Crippen LogP contribution in [0.4, 0.5) is 0 Å². The van der Waals surface area contributed by atoms with Crippen LogP contribution in [0.25, 0.3) is 6.08 Å². The monoisotopic (exact) mass is 160 g/mol. The minimum Gasteiger partial charge on any atom is -0.396 e. The van der Waals surface area contributed by atoms with E-state index in [1.54, 1.807) is 0 Å². The molecule has 1 heteroatoms. The second kappa shape index (κ2) is 3.11. The SMILES string of the molecule is OCC1C/C1=C\c1ccccc1. The molecule has 62 valence electrons. The lowest BCUT2D eigenvalue weighted by atomic mass is 10.2. The van der Waals surface area contributed by atoms with Gasteiger partial charge < -0.3 is 5.11 Å². The van der Waals surface area contributed by atoms with Gasteiger partial charge in [0.15, 0.2) is 0 Å². The minimum atomic E-state index is 0.304. The maximum absolute atomic E-state index is 8.81. The van der Waals surface area contributed by atoms with Crippen molar-refractivity contribution < 1.29 is 5.11 Å². The van der Waals surface area contributed by atoms with E-state index < -0.39 is 0 Å². The van der Waals surface area contributed by atoms with Crippen molar-refractivity contribution in [3.63, 3.8) is 0 Å².